The Labute approximate surface area is 317 Å². The van der Waals surface area contributed by atoms with Gasteiger partial charge in [0.1, 0.15) is 24.2 Å². The van der Waals surface area contributed by atoms with E-state index in [-0.39, 0.29) is 35.5 Å². The summed E-state index contributed by atoms with van der Waals surface area (Å²) in [4.78, 5) is 82.0. The Morgan fingerprint density at radius 2 is 1.00 bits per heavy atom. The molecule has 292 valence electrons. The van der Waals surface area contributed by atoms with Gasteiger partial charge in [-0.2, -0.15) is 0 Å². The number of anilines is 2. The van der Waals surface area contributed by atoms with Gasteiger partial charge in [-0.25, -0.2) is 9.59 Å². The van der Waals surface area contributed by atoms with E-state index in [0.717, 1.165) is 22.3 Å². The molecule has 2 aliphatic heterocycles. The average Bonchev–Trinajstić information content (AvgIpc) is 3.85. The Hall–Kier alpha value is -5.14. The number of likely N-dealkylation sites (tertiary alicyclic amines) is 2. The molecule has 4 atom stereocenters. The molecule has 2 heterocycles. The summed E-state index contributed by atoms with van der Waals surface area (Å²) in [7, 11) is 2.49. The van der Waals surface area contributed by atoms with E-state index in [1.807, 2.05) is 52.0 Å². The number of amides is 6. The van der Waals surface area contributed by atoms with Gasteiger partial charge in [0.15, 0.2) is 0 Å². The van der Waals surface area contributed by atoms with Crippen LogP contribution in [0.15, 0.2) is 36.4 Å². The van der Waals surface area contributed by atoms with Crippen molar-refractivity contribution in [3.05, 3.63) is 58.7 Å². The Balaban J connectivity index is 1.31. The SMILES string of the molecule is COC(=O)N[C@H](C(=O)N1CCC[C@H]1C(=O)Nc1cc2ccc1CCc1ccc(cc1NC(=O)[C@@H]1CCCN1C(=O)[C@@H](NC(=O)OC)C(C)C)CC2)C(C)C. The molecule has 4 aliphatic carbocycles. The van der Waals surface area contributed by atoms with E-state index < -0.39 is 36.4 Å². The van der Waals surface area contributed by atoms with Crippen molar-refractivity contribution in [2.24, 2.45) is 11.8 Å². The molecule has 54 heavy (non-hydrogen) atoms. The van der Waals surface area contributed by atoms with Crippen LogP contribution in [0.1, 0.15) is 75.6 Å². The standard InChI is InChI=1S/C40H54N6O8/c1-23(2)33(43-39(51)53-5)37(49)45-19-7-9-31(45)35(47)41-29-21-25-11-12-26-14-16-28(18-17-27(29)15-13-25)30(22-26)42-36(48)32-10-8-20-46(32)38(50)34(24(3)4)44-40(52)54-6/h13-16,21-24,31-34H,7-12,17-20H2,1-6H3,(H,41,47)(H,42,48)(H,43,51)(H,44,52)/t31-,32-,33-,34-/m0/s1. The molecule has 4 bridgehead atoms. The lowest BCUT2D eigenvalue weighted by Crippen LogP contribution is -2.54. The predicted octanol–water partition coefficient (Wildman–Crippen LogP) is 4.19. The fourth-order valence-electron chi connectivity index (χ4n) is 7.58. The van der Waals surface area contributed by atoms with Crippen LogP contribution in [-0.2, 0) is 54.3 Å². The van der Waals surface area contributed by atoms with Crippen LogP contribution < -0.4 is 21.3 Å². The van der Waals surface area contributed by atoms with Crippen LogP contribution >= 0.6 is 0 Å². The lowest BCUT2D eigenvalue weighted by molar-refractivity contribution is -0.139. The van der Waals surface area contributed by atoms with Crippen LogP contribution in [0.2, 0.25) is 0 Å². The molecule has 4 N–H and O–H groups in total. The van der Waals surface area contributed by atoms with Crippen molar-refractivity contribution in [1.29, 1.82) is 0 Å². The maximum Gasteiger partial charge on any atom is 0.407 e. The van der Waals surface area contributed by atoms with Crippen LogP contribution in [0.4, 0.5) is 21.0 Å². The zero-order valence-electron chi connectivity index (χ0n) is 32.2. The second-order valence-corrected chi connectivity index (χ2v) is 15.1. The third-order valence-corrected chi connectivity index (χ3v) is 10.7. The summed E-state index contributed by atoms with van der Waals surface area (Å²) in [6.45, 7) is 8.16. The van der Waals surface area contributed by atoms with E-state index in [9.17, 15) is 28.8 Å². The van der Waals surface area contributed by atoms with E-state index in [4.69, 9.17) is 9.47 Å². The fraction of sp³-hybridized carbons (Fsp3) is 0.550. The topological polar surface area (TPSA) is 175 Å². The molecule has 8 rings (SSSR count). The van der Waals surface area contributed by atoms with Crippen LogP contribution in [-0.4, -0.2) is 97.1 Å². The molecule has 2 fully saturated rings. The van der Waals surface area contributed by atoms with Crippen LogP contribution in [0.5, 0.6) is 0 Å². The first kappa shape index (κ1) is 40.1. The number of hydrogen-bond donors (Lipinski definition) is 4. The molecular weight excluding hydrogens is 692 g/mol. The van der Waals surface area contributed by atoms with Gasteiger partial charge in [0.2, 0.25) is 23.6 Å². The Kier molecular flexibility index (Phi) is 13.2. The smallest absolute Gasteiger partial charge is 0.407 e. The second-order valence-electron chi connectivity index (χ2n) is 15.1. The molecule has 6 aliphatic rings. The first-order valence-corrected chi connectivity index (χ1v) is 19.0. The lowest BCUT2D eigenvalue weighted by Gasteiger charge is -2.30. The van der Waals surface area contributed by atoms with Gasteiger partial charge in [-0.3, -0.25) is 19.2 Å². The highest BCUT2D eigenvalue weighted by atomic mass is 16.5. The molecular formula is C40H54N6O8. The van der Waals surface area contributed by atoms with Crippen molar-refractivity contribution in [2.75, 3.05) is 37.9 Å². The van der Waals surface area contributed by atoms with Gasteiger partial charge in [0, 0.05) is 24.5 Å². The summed E-state index contributed by atoms with van der Waals surface area (Å²) < 4.78 is 9.47. The summed E-state index contributed by atoms with van der Waals surface area (Å²) >= 11 is 0. The van der Waals surface area contributed by atoms with Gasteiger partial charge in [-0.1, -0.05) is 52.0 Å². The van der Waals surface area contributed by atoms with Gasteiger partial charge in [0.25, 0.3) is 0 Å². The molecule has 2 aromatic rings. The van der Waals surface area contributed by atoms with E-state index in [0.29, 0.717) is 75.8 Å². The van der Waals surface area contributed by atoms with Crippen molar-refractivity contribution in [2.45, 2.75) is 103 Å². The number of nitrogens with zero attached hydrogens (tertiary/aromatic N) is 2. The van der Waals surface area contributed by atoms with Crippen molar-refractivity contribution in [1.82, 2.24) is 20.4 Å². The molecule has 0 spiro atoms. The van der Waals surface area contributed by atoms with Crippen LogP contribution in [0, 0.1) is 11.8 Å². The number of carbonyl (C=O) groups is 6. The fourth-order valence-corrected chi connectivity index (χ4v) is 7.58. The quantitative estimate of drug-likeness (QED) is 0.280. The molecule has 0 radical (unpaired) electrons. The summed E-state index contributed by atoms with van der Waals surface area (Å²) in [5, 5.41) is 11.5. The number of methoxy groups -OCH3 is 2. The van der Waals surface area contributed by atoms with Crippen molar-refractivity contribution in [3.8, 4) is 0 Å². The molecule has 6 amide bonds. The van der Waals surface area contributed by atoms with E-state index in [1.165, 1.54) is 14.2 Å². The Bertz CT molecular complexity index is 1620. The Morgan fingerprint density at radius 3 is 1.35 bits per heavy atom. The number of ether oxygens (including phenoxy) is 2. The number of aryl methyl sites for hydroxylation is 4. The molecule has 0 unspecified atom stereocenters. The minimum absolute atomic E-state index is 0.210. The molecule has 14 nitrogen and oxygen atoms in total. The van der Waals surface area contributed by atoms with Crippen LogP contribution in [0.25, 0.3) is 0 Å². The van der Waals surface area contributed by atoms with E-state index >= 15 is 0 Å². The van der Waals surface area contributed by atoms with Crippen molar-refractivity contribution >= 4 is 47.2 Å². The number of benzene rings is 2. The maximum atomic E-state index is 13.9. The molecule has 0 saturated carbocycles. The van der Waals surface area contributed by atoms with Gasteiger partial charge in [0.05, 0.1) is 14.2 Å². The van der Waals surface area contributed by atoms with E-state index in [2.05, 4.69) is 33.4 Å². The van der Waals surface area contributed by atoms with Gasteiger partial charge in [-0.15, -0.1) is 0 Å². The summed E-state index contributed by atoms with van der Waals surface area (Å²) in [6, 6.07) is 9.19. The number of carbonyl (C=O) groups excluding carboxylic acids is 6. The largest absolute Gasteiger partial charge is 0.453 e. The highest BCUT2D eigenvalue weighted by molar-refractivity contribution is 6.00. The number of alkyl carbamates (subject to hydrolysis) is 2. The lowest BCUT2D eigenvalue weighted by atomic mass is 9.94. The summed E-state index contributed by atoms with van der Waals surface area (Å²) in [6.07, 6.45) is 3.45. The maximum absolute atomic E-state index is 13.9. The molecule has 2 saturated heterocycles. The monoisotopic (exact) mass is 746 g/mol. The summed E-state index contributed by atoms with van der Waals surface area (Å²) in [5.41, 5.74) is 5.28. The van der Waals surface area contributed by atoms with Crippen molar-refractivity contribution in [3.63, 3.8) is 0 Å². The highest BCUT2D eigenvalue weighted by Crippen LogP contribution is 2.29. The first-order chi connectivity index (χ1) is 25.8. The molecule has 2 aromatic carbocycles. The molecule has 0 aromatic heterocycles. The third-order valence-electron chi connectivity index (χ3n) is 10.7. The minimum atomic E-state index is -0.825. The van der Waals surface area contributed by atoms with E-state index in [1.54, 1.807) is 9.80 Å². The number of hydrogen-bond acceptors (Lipinski definition) is 8. The zero-order valence-corrected chi connectivity index (χ0v) is 32.2. The number of nitrogens with one attached hydrogen (secondary N) is 4. The highest BCUT2D eigenvalue weighted by Gasteiger charge is 2.40. The average molecular weight is 747 g/mol. The first-order valence-electron chi connectivity index (χ1n) is 19.0. The predicted molar refractivity (Wildman–Crippen MR) is 203 cm³/mol. The second kappa shape index (κ2) is 17.8. The normalized spacial score (nSPS) is 19.1. The zero-order chi connectivity index (χ0) is 39.1. The number of rotatable bonds is 10. The van der Waals surface area contributed by atoms with Gasteiger partial charge >= 0.3 is 12.2 Å². The van der Waals surface area contributed by atoms with Crippen molar-refractivity contribution < 1.29 is 38.2 Å². The minimum Gasteiger partial charge on any atom is -0.453 e. The Morgan fingerprint density at radius 1 is 0.611 bits per heavy atom. The van der Waals surface area contributed by atoms with Gasteiger partial charge in [-0.05, 0) is 97.6 Å². The molecule has 14 heteroatoms. The van der Waals surface area contributed by atoms with Gasteiger partial charge < -0.3 is 40.5 Å². The third kappa shape index (κ3) is 9.31. The summed E-state index contributed by atoms with van der Waals surface area (Å²) in [5.74, 6) is -1.61. The van der Waals surface area contributed by atoms with Crippen LogP contribution in [0.3, 0.4) is 0 Å².